The molecule has 0 spiro atoms. The molecule has 1 heterocycles. The van der Waals surface area contributed by atoms with Crippen LogP contribution in [0, 0.1) is 13.8 Å². The number of nitrogens with one attached hydrogen (secondary N) is 1. The number of carbonyl (C=O) groups excluding carboxylic acids is 3. The number of carbonyl (C=O) groups is 3. The van der Waals surface area contributed by atoms with Crippen LogP contribution in [0.15, 0.2) is 22.7 Å². The van der Waals surface area contributed by atoms with Crippen molar-refractivity contribution in [1.29, 1.82) is 0 Å². The van der Waals surface area contributed by atoms with Crippen molar-refractivity contribution in [3.05, 3.63) is 41.0 Å². The molecule has 1 N–H and O–H groups in total. The molecule has 1 aromatic heterocycles. The van der Waals surface area contributed by atoms with Gasteiger partial charge in [0, 0.05) is 12.6 Å². The van der Waals surface area contributed by atoms with Crippen LogP contribution >= 0.6 is 11.8 Å². The molecule has 0 aliphatic carbocycles. The fourth-order valence-corrected chi connectivity index (χ4v) is 2.65. The molecule has 10 heteroatoms. The Morgan fingerprint density at radius 3 is 2.70 bits per heavy atom. The van der Waals surface area contributed by atoms with Gasteiger partial charge in [0.25, 0.3) is 5.91 Å². The summed E-state index contributed by atoms with van der Waals surface area (Å²) < 4.78 is 14.4. The Balaban J connectivity index is 1.76. The van der Waals surface area contributed by atoms with Gasteiger partial charge in [-0.2, -0.15) is 4.98 Å². The summed E-state index contributed by atoms with van der Waals surface area (Å²) >= 11 is 1.25. The molecule has 0 radical (unpaired) electrons. The minimum absolute atomic E-state index is 0.0533. The van der Waals surface area contributed by atoms with Gasteiger partial charge in [0.2, 0.25) is 5.89 Å². The second-order valence-electron chi connectivity index (χ2n) is 5.45. The number of benzene rings is 1. The summed E-state index contributed by atoms with van der Waals surface area (Å²) in [7, 11) is 1.28. The predicted octanol–water partition coefficient (Wildman–Crippen LogP) is 1.89. The lowest BCUT2D eigenvalue weighted by atomic mass is 10.1. The number of amides is 1. The molecule has 0 saturated carbocycles. The molecule has 2 aromatic rings. The molecule has 0 atom stereocenters. The molecule has 0 aliphatic rings. The van der Waals surface area contributed by atoms with Crippen LogP contribution in [0.1, 0.15) is 27.6 Å². The lowest BCUT2D eigenvalue weighted by Crippen LogP contribution is -2.22. The number of aromatic nitrogens is 2. The molecule has 9 nitrogen and oxygen atoms in total. The zero-order chi connectivity index (χ0) is 19.8. The molecule has 0 saturated heterocycles. The van der Waals surface area contributed by atoms with Crippen LogP contribution in [0.2, 0.25) is 0 Å². The predicted molar refractivity (Wildman–Crippen MR) is 97.3 cm³/mol. The van der Waals surface area contributed by atoms with Crippen LogP contribution in [0.25, 0.3) is 0 Å². The molecular weight excluding hydrogens is 374 g/mol. The maximum Gasteiger partial charge on any atom is 0.337 e. The molecule has 1 aromatic carbocycles. The van der Waals surface area contributed by atoms with E-state index in [1.807, 2.05) is 0 Å². The summed E-state index contributed by atoms with van der Waals surface area (Å²) in [6.07, 6.45) is 0. The number of methoxy groups -OCH3 is 1. The Kier molecular flexibility index (Phi) is 7.35. The topological polar surface area (TPSA) is 121 Å². The molecule has 1 amide bonds. The molecule has 27 heavy (non-hydrogen) atoms. The molecule has 0 bridgehead atoms. The van der Waals surface area contributed by atoms with Crippen molar-refractivity contribution in [3.63, 3.8) is 0 Å². The van der Waals surface area contributed by atoms with Crippen LogP contribution in [0.3, 0.4) is 0 Å². The first-order valence-corrected chi connectivity index (χ1v) is 9.06. The Bertz CT molecular complexity index is 836. The lowest BCUT2D eigenvalue weighted by molar-refractivity contribution is -0.144. The summed E-state index contributed by atoms with van der Waals surface area (Å²) in [6.45, 7) is 3.03. The average Bonchev–Trinajstić information content (AvgIpc) is 3.06. The fourth-order valence-electron chi connectivity index (χ4n) is 2.00. The van der Waals surface area contributed by atoms with Gasteiger partial charge >= 0.3 is 11.9 Å². The number of rotatable bonds is 8. The van der Waals surface area contributed by atoms with Gasteiger partial charge < -0.3 is 19.3 Å². The number of aryl methyl sites for hydroxylation is 2. The smallest absolute Gasteiger partial charge is 0.337 e. The van der Waals surface area contributed by atoms with Crippen LogP contribution in [0.4, 0.5) is 5.69 Å². The number of nitrogens with zero attached hydrogens (tertiary/aromatic N) is 2. The maximum atomic E-state index is 12.0. The van der Waals surface area contributed by atoms with Crippen molar-refractivity contribution in [2.24, 2.45) is 0 Å². The molecule has 2 rings (SSSR count). The third kappa shape index (κ3) is 6.41. The van der Waals surface area contributed by atoms with Crippen LogP contribution < -0.4 is 5.32 Å². The van der Waals surface area contributed by atoms with Crippen LogP contribution in [0.5, 0.6) is 0 Å². The van der Waals surface area contributed by atoms with E-state index in [1.54, 1.807) is 26.0 Å². The van der Waals surface area contributed by atoms with Crippen molar-refractivity contribution in [3.8, 4) is 0 Å². The number of thioether (sulfide) groups is 1. The number of hydrogen-bond acceptors (Lipinski definition) is 9. The number of ether oxygens (including phenoxy) is 2. The highest BCUT2D eigenvalue weighted by Crippen LogP contribution is 2.17. The fraction of sp³-hybridized carbons (Fsp3) is 0.353. The SMILES string of the molecule is COC(=O)c1ccc(C)c(NC(=O)COC(=O)CSCc2noc(C)n2)c1. The largest absolute Gasteiger partial charge is 0.465 e. The van der Waals surface area contributed by atoms with Crippen molar-refractivity contribution in [1.82, 2.24) is 10.1 Å². The van der Waals surface area contributed by atoms with Gasteiger partial charge in [-0.05, 0) is 24.6 Å². The highest BCUT2D eigenvalue weighted by molar-refractivity contribution is 7.99. The summed E-state index contributed by atoms with van der Waals surface area (Å²) in [5.74, 6) is -0.149. The molecule has 144 valence electrons. The zero-order valence-corrected chi connectivity index (χ0v) is 15.9. The molecule has 0 aliphatic heterocycles. The monoisotopic (exact) mass is 393 g/mol. The van der Waals surface area contributed by atoms with E-state index < -0.39 is 24.5 Å². The lowest BCUT2D eigenvalue weighted by Gasteiger charge is -2.10. The minimum Gasteiger partial charge on any atom is -0.465 e. The third-order valence-corrected chi connectivity index (χ3v) is 4.22. The quantitative estimate of drug-likeness (QED) is 0.670. The van der Waals surface area contributed by atoms with Gasteiger partial charge in [0.05, 0.1) is 24.2 Å². The Hall–Kier alpha value is -2.88. The second-order valence-corrected chi connectivity index (χ2v) is 6.44. The average molecular weight is 393 g/mol. The normalized spacial score (nSPS) is 10.3. The van der Waals surface area contributed by atoms with E-state index in [-0.39, 0.29) is 5.75 Å². The van der Waals surface area contributed by atoms with E-state index in [2.05, 4.69) is 20.2 Å². The van der Waals surface area contributed by atoms with Crippen molar-refractivity contribution >= 4 is 35.3 Å². The highest BCUT2D eigenvalue weighted by atomic mass is 32.2. The van der Waals surface area contributed by atoms with Gasteiger partial charge in [0.15, 0.2) is 12.4 Å². The van der Waals surface area contributed by atoms with E-state index in [1.165, 1.54) is 24.9 Å². The first kappa shape index (κ1) is 20.4. The van der Waals surface area contributed by atoms with E-state index >= 15 is 0 Å². The molecule has 0 unspecified atom stereocenters. The summed E-state index contributed by atoms with van der Waals surface area (Å²) in [4.78, 5) is 39.2. The van der Waals surface area contributed by atoms with Gasteiger partial charge in [-0.3, -0.25) is 9.59 Å². The minimum atomic E-state index is -0.532. The standard InChI is InChI=1S/C17H19N3O6S/c1-10-4-5-12(17(23)24-3)6-13(10)19-15(21)7-25-16(22)9-27-8-14-18-11(2)26-20-14/h4-6H,7-9H2,1-3H3,(H,19,21). The number of anilines is 1. The maximum absolute atomic E-state index is 12.0. The molecule has 0 fully saturated rings. The first-order valence-electron chi connectivity index (χ1n) is 7.90. The van der Waals surface area contributed by atoms with E-state index in [0.717, 1.165) is 5.56 Å². The van der Waals surface area contributed by atoms with E-state index in [0.29, 0.717) is 28.7 Å². The number of esters is 2. The summed E-state index contributed by atoms with van der Waals surface area (Å²) in [5.41, 5.74) is 1.51. The van der Waals surface area contributed by atoms with Gasteiger partial charge in [-0.25, -0.2) is 4.79 Å². The van der Waals surface area contributed by atoms with Crippen molar-refractivity contribution in [2.75, 3.05) is 24.8 Å². The molecular formula is C17H19N3O6S. The number of hydrogen-bond donors (Lipinski definition) is 1. The second kappa shape index (κ2) is 9.72. The van der Waals surface area contributed by atoms with Crippen molar-refractivity contribution < 1.29 is 28.4 Å². The van der Waals surface area contributed by atoms with Gasteiger partial charge in [-0.1, -0.05) is 11.2 Å². The van der Waals surface area contributed by atoms with E-state index in [4.69, 9.17) is 9.26 Å². The van der Waals surface area contributed by atoms with Gasteiger partial charge in [0.1, 0.15) is 0 Å². The van der Waals surface area contributed by atoms with E-state index in [9.17, 15) is 14.4 Å². The highest BCUT2D eigenvalue weighted by Gasteiger charge is 2.12. The van der Waals surface area contributed by atoms with Crippen LogP contribution in [-0.4, -0.2) is 47.5 Å². The summed E-state index contributed by atoms with van der Waals surface area (Å²) in [5, 5.41) is 6.32. The summed E-state index contributed by atoms with van der Waals surface area (Å²) in [6, 6.07) is 4.78. The third-order valence-electron chi connectivity index (χ3n) is 3.32. The Morgan fingerprint density at radius 1 is 1.26 bits per heavy atom. The van der Waals surface area contributed by atoms with Crippen molar-refractivity contribution in [2.45, 2.75) is 19.6 Å². The first-order chi connectivity index (χ1) is 12.9. The Morgan fingerprint density at radius 2 is 2.04 bits per heavy atom. The van der Waals surface area contributed by atoms with Gasteiger partial charge in [-0.15, -0.1) is 11.8 Å². The van der Waals surface area contributed by atoms with Crippen LogP contribution in [-0.2, 0) is 24.8 Å². The Labute approximate surface area is 159 Å². The zero-order valence-electron chi connectivity index (χ0n) is 15.1.